The Morgan fingerprint density at radius 3 is 2.89 bits per heavy atom. The molecule has 0 aliphatic heterocycles. The first-order chi connectivity index (χ1) is 9.06. The number of nitrogens with one attached hydrogen (secondary N) is 2. The molecule has 2 rings (SSSR count). The summed E-state index contributed by atoms with van der Waals surface area (Å²) in [6, 6.07) is 4.38. The monoisotopic (exact) mass is 262 g/mol. The molecule has 0 aliphatic carbocycles. The van der Waals surface area contributed by atoms with Crippen LogP contribution in [-0.4, -0.2) is 15.5 Å². The highest BCUT2D eigenvalue weighted by Gasteiger charge is 2.06. The van der Waals surface area contributed by atoms with Gasteiger partial charge in [-0.3, -0.25) is 4.79 Å². The van der Waals surface area contributed by atoms with Crippen molar-refractivity contribution in [3.8, 4) is 0 Å². The van der Waals surface area contributed by atoms with Crippen molar-refractivity contribution in [2.45, 2.75) is 13.5 Å². The van der Waals surface area contributed by atoms with Crippen molar-refractivity contribution in [1.82, 2.24) is 9.55 Å². The van der Waals surface area contributed by atoms with E-state index in [4.69, 9.17) is 0 Å². The number of hydrogen-bond acceptors (Lipinski definition) is 3. The summed E-state index contributed by atoms with van der Waals surface area (Å²) < 4.78 is 15.5. The zero-order chi connectivity index (χ0) is 13.8. The fraction of sp³-hybridized carbons (Fsp3) is 0.231. The second kappa shape index (κ2) is 5.51. The van der Waals surface area contributed by atoms with Gasteiger partial charge in [-0.2, -0.15) is 0 Å². The number of imidazole rings is 1. The summed E-state index contributed by atoms with van der Waals surface area (Å²) in [4.78, 5) is 15.1. The van der Waals surface area contributed by atoms with Gasteiger partial charge in [0.25, 0.3) is 0 Å². The number of nitrogens with zero attached hydrogens (tertiary/aromatic N) is 2. The van der Waals surface area contributed by atoms with Crippen molar-refractivity contribution in [2.24, 2.45) is 7.05 Å². The molecule has 0 spiro atoms. The van der Waals surface area contributed by atoms with Crippen molar-refractivity contribution < 1.29 is 9.18 Å². The maximum absolute atomic E-state index is 13.6. The van der Waals surface area contributed by atoms with E-state index in [1.165, 1.54) is 19.1 Å². The first-order valence-electron chi connectivity index (χ1n) is 5.83. The first-order valence-corrected chi connectivity index (χ1v) is 5.83. The minimum atomic E-state index is -0.372. The lowest BCUT2D eigenvalue weighted by Crippen LogP contribution is -2.09. The SMILES string of the molecule is CC(=O)Nc1ccc(F)c(NCc2nccn2C)c1. The highest BCUT2D eigenvalue weighted by Crippen LogP contribution is 2.20. The van der Waals surface area contributed by atoms with Crippen LogP contribution >= 0.6 is 0 Å². The maximum Gasteiger partial charge on any atom is 0.221 e. The molecule has 0 aliphatic rings. The molecule has 1 heterocycles. The van der Waals surface area contributed by atoms with Crippen LogP contribution in [-0.2, 0) is 18.4 Å². The molecule has 1 aromatic carbocycles. The molecule has 2 N–H and O–H groups in total. The van der Waals surface area contributed by atoms with Crippen LogP contribution in [0.4, 0.5) is 15.8 Å². The van der Waals surface area contributed by atoms with Crippen molar-refractivity contribution in [1.29, 1.82) is 0 Å². The average Bonchev–Trinajstić information content (AvgIpc) is 2.75. The van der Waals surface area contributed by atoms with E-state index in [2.05, 4.69) is 15.6 Å². The molecular weight excluding hydrogens is 247 g/mol. The van der Waals surface area contributed by atoms with Gasteiger partial charge >= 0.3 is 0 Å². The lowest BCUT2D eigenvalue weighted by Gasteiger charge is -2.10. The van der Waals surface area contributed by atoms with Crippen molar-refractivity contribution in [3.05, 3.63) is 42.2 Å². The predicted octanol–water partition coefficient (Wildman–Crippen LogP) is 2.13. The second-order valence-electron chi connectivity index (χ2n) is 4.18. The van der Waals surface area contributed by atoms with Gasteiger partial charge in [0.2, 0.25) is 5.91 Å². The van der Waals surface area contributed by atoms with Gasteiger partial charge in [0.1, 0.15) is 11.6 Å². The lowest BCUT2D eigenvalue weighted by molar-refractivity contribution is -0.114. The number of aromatic nitrogens is 2. The van der Waals surface area contributed by atoms with E-state index in [0.717, 1.165) is 5.82 Å². The van der Waals surface area contributed by atoms with Gasteiger partial charge in [0, 0.05) is 32.1 Å². The normalized spacial score (nSPS) is 10.3. The molecule has 0 saturated heterocycles. The fourth-order valence-electron chi connectivity index (χ4n) is 1.68. The van der Waals surface area contributed by atoms with E-state index in [9.17, 15) is 9.18 Å². The van der Waals surface area contributed by atoms with Gasteiger partial charge in [-0.25, -0.2) is 9.37 Å². The third kappa shape index (κ3) is 3.31. The Hall–Kier alpha value is -2.37. The second-order valence-corrected chi connectivity index (χ2v) is 4.18. The summed E-state index contributed by atoms with van der Waals surface area (Å²) in [7, 11) is 1.87. The maximum atomic E-state index is 13.6. The molecule has 0 saturated carbocycles. The number of benzene rings is 1. The van der Waals surface area contributed by atoms with Crippen LogP contribution in [0, 0.1) is 5.82 Å². The Labute approximate surface area is 110 Å². The molecule has 0 radical (unpaired) electrons. The van der Waals surface area contributed by atoms with E-state index in [1.807, 2.05) is 17.8 Å². The third-order valence-electron chi connectivity index (χ3n) is 2.64. The van der Waals surface area contributed by atoms with Gasteiger partial charge in [0.05, 0.1) is 12.2 Å². The number of anilines is 2. The fourth-order valence-corrected chi connectivity index (χ4v) is 1.68. The van der Waals surface area contributed by atoms with E-state index < -0.39 is 0 Å². The van der Waals surface area contributed by atoms with E-state index in [-0.39, 0.29) is 11.7 Å². The lowest BCUT2D eigenvalue weighted by atomic mass is 10.2. The van der Waals surface area contributed by atoms with E-state index in [1.54, 1.807) is 12.3 Å². The van der Waals surface area contributed by atoms with Gasteiger partial charge in [-0.15, -0.1) is 0 Å². The molecule has 1 aromatic heterocycles. The number of carbonyl (C=O) groups excluding carboxylic acids is 1. The number of hydrogen-bond donors (Lipinski definition) is 2. The summed E-state index contributed by atoms with van der Waals surface area (Å²) in [6.07, 6.45) is 3.50. The molecule has 2 aromatic rings. The average molecular weight is 262 g/mol. The Morgan fingerprint density at radius 1 is 1.47 bits per heavy atom. The number of rotatable bonds is 4. The molecule has 0 fully saturated rings. The zero-order valence-electron chi connectivity index (χ0n) is 10.8. The van der Waals surface area contributed by atoms with E-state index in [0.29, 0.717) is 17.9 Å². The van der Waals surface area contributed by atoms with E-state index >= 15 is 0 Å². The molecule has 19 heavy (non-hydrogen) atoms. The Kier molecular flexibility index (Phi) is 3.79. The van der Waals surface area contributed by atoms with Crippen LogP contribution < -0.4 is 10.6 Å². The summed E-state index contributed by atoms with van der Waals surface area (Å²) in [5.74, 6) is 0.231. The standard InChI is InChI=1S/C13H15FN4O/c1-9(19)17-10-3-4-11(14)12(7-10)16-8-13-15-5-6-18(13)2/h3-7,16H,8H2,1-2H3,(H,17,19). The van der Waals surface area contributed by atoms with Crippen LogP contribution in [0.5, 0.6) is 0 Å². The number of carbonyl (C=O) groups is 1. The van der Waals surface area contributed by atoms with Gasteiger partial charge in [-0.05, 0) is 18.2 Å². The molecule has 0 bridgehead atoms. The van der Waals surface area contributed by atoms with Crippen LogP contribution in [0.2, 0.25) is 0 Å². The molecule has 5 nitrogen and oxygen atoms in total. The summed E-state index contributed by atoms with van der Waals surface area (Å²) in [6.45, 7) is 1.81. The van der Waals surface area contributed by atoms with Gasteiger partial charge in [0.15, 0.2) is 0 Å². The number of halogens is 1. The number of aryl methyl sites for hydroxylation is 1. The van der Waals surface area contributed by atoms with Crippen LogP contribution in [0.3, 0.4) is 0 Å². The van der Waals surface area contributed by atoms with Crippen molar-refractivity contribution in [3.63, 3.8) is 0 Å². The van der Waals surface area contributed by atoms with Crippen LogP contribution in [0.25, 0.3) is 0 Å². The third-order valence-corrected chi connectivity index (χ3v) is 2.64. The molecule has 0 unspecified atom stereocenters. The van der Waals surface area contributed by atoms with Crippen molar-refractivity contribution >= 4 is 17.3 Å². The Bertz CT molecular complexity index is 594. The smallest absolute Gasteiger partial charge is 0.221 e. The molecule has 1 amide bonds. The molecule has 0 atom stereocenters. The summed E-state index contributed by atoms with van der Waals surface area (Å²) in [5.41, 5.74) is 0.880. The summed E-state index contributed by atoms with van der Waals surface area (Å²) >= 11 is 0. The molecule has 6 heteroatoms. The highest BCUT2D eigenvalue weighted by atomic mass is 19.1. The Morgan fingerprint density at radius 2 is 2.26 bits per heavy atom. The van der Waals surface area contributed by atoms with Gasteiger partial charge < -0.3 is 15.2 Å². The zero-order valence-corrected chi connectivity index (χ0v) is 10.8. The van der Waals surface area contributed by atoms with Crippen LogP contribution in [0.15, 0.2) is 30.6 Å². The topological polar surface area (TPSA) is 59.0 Å². The van der Waals surface area contributed by atoms with Crippen LogP contribution in [0.1, 0.15) is 12.7 Å². The predicted molar refractivity (Wildman–Crippen MR) is 71.2 cm³/mol. The van der Waals surface area contributed by atoms with Gasteiger partial charge in [-0.1, -0.05) is 0 Å². The minimum Gasteiger partial charge on any atom is -0.375 e. The molecule has 100 valence electrons. The quantitative estimate of drug-likeness (QED) is 0.887. The summed E-state index contributed by atoms with van der Waals surface area (Å²) in [5, 5.41) is 5.57. The Balaban J connectivity index is 2.11. The largest absolute Gasteiger partial charge is 0.375 e. The highest BCUT2D eigenvalue weighted by molar-refractivity contribution is 5.89. The minimum absolute atomic E-state index is 0.193. The van der Waals surface area contributed by atoms with Crippen molar-refractivity contribution in [2.75, 3.05) is 10.6 Å². The molecular formula is C13H15FN4O. The first kappa shape index (κ1) is 13.1. The number of amides is 1.